The average molecular weight is 432 g/mol. The van der Waals surface area contributed by atoms with Crippen LogP contribution in [0.25, 0.3) is 11.1 Å². The monoisotopic (exact) mass is 432 g/mol. The molecule has 1 aromatic heterocycles. The summed E-state index contributed by atoms with van der Waals surface area (Å²) < 4.78 is 48.0. The number of alkyl halides is 3. The maximum Gasteiger partial charge on any atom is 0.572 e. The second-order valence-electron chi connectivity index (χ2n) is 7.11. The predicted molar refractivity (Wildman–Crippen MR) is 107 cm³/mol. The first-order valence-corrected chi connectivity index (χ1v) is 9.47. The lowest BCUT2D eigenvalue weighted by atomic mass is 10.0. The molecule has 0 saturated carbocycles. The Morgan fingerprint density at radius 1 is 1.23 bits per heavy atom. The number of nitrogens with zero attached hydrogens (tertiary/aromatic N) is 3. The van der Waals surface area contributed by atoms with Gasteiger partial charge in [0.05, 0.1) is 19.0 Å². The van der Waals surface area contributed by atoms with Crippen LogP contribution in [-0.4, -0.2) is 35.0 Å². The summed E-state index contributed by atoms with van der Waals surface area (Å²) in [7, 11) is 3.38. The van der Waals surface area contributed by atoms with Crippen LogP contribution >= 0.6 is 0 Å². The van der Waals surface area contributed by atoms with Crippen LogP contribution in [0.15, 0.2) is 53.0 Å². The summed E-state index contributed by atoms with van der Waals surface area (Å²) in [6, 6.07) is 3.73. The molecule has 0 fully saturated rings. The number of carbonyl (C=O) groups excluding carboxylic acids is 1. The van der Waals surface area contributed by atoms with Gasteiger partial charge in [0.25, 0.3) is 5.91 Å². The van der Waals surface area contributed by atoms with Crippen molar-refractivity contribution in [3.63, 3.8) is 0 Å². The fraction of sp³-hybridized carbons (Fsp3) is 0.286. The lowest BCUT2D eigenvalue weighted by Crippen LogP contribution is -2.32. The summed E-state index contributed by atoms with van der Waals surface area (Å²) in [5.41, 5.74) is 3.64. The van der Waals surface area contributed by atoms with Gasteiger partial charge in [-0.1, -0.05) is 6.08 Å². The lowest BCUT2D eigenvalue weighted by Gasteiger charge is -2.16. The maximum atomic E-state index is 12.6. The minimum atomic E-state index is -4.74. The molecule has 4 rings (SSSR count). The molecule has 7 nitrogen and oxygen atoms in total. The zero-order valence-corrected chi connectivity index (χ0v) is 16.8. The molecule has 31 heavy (non-hydrogen) atoms. The van der Waals surface area contributed by atoms with E-state index in [0.29, 0.717) is 29.3 Å². The number of aliphatic imine (C=N–C) groups is 1. The molecule has 1 amide bonds. The highest BCUT2D eigenvalue weighted by Crippen LogP contribution is 2.42. The number of ether oxygens (including phenoxy) is 2. The molecule has 2 aliphatic rings. The SMILES string of the molecule is COc1ccc(-c2cnn(C)c2)c2c1CC(NC(=O)C1=CC=C(OC(F)(F)F)CC1)=N2. The molecular weight excluding hydrogens is 413 g/mol. The van der Waals surface area contributed by atoms with Crippen LogP contribution in [-0.2, 0) is 23.0 Å². The normalized spacial score (nSPS) is 15.6. The van der Waals surface area contributed by atoms with Gasteiger partial charge < -0.3 is 14.8 Å². The third kappa shape index (κ3) is 4.47. The van der Waals surface area contributed by atoms with Crippen molar-refractivity contribution >= 4 is 17.4 Å². The van der Waals surface area contributed by atoms with Gasteiger partial charge in [-0.3, -0.25) is 9.48 Å². The van der Waals surface area contributed by atoms with Crippen molar-refractivity contribution in [2.24, 2.45) is 12.0 Å². The highest BCUT2D eigenvalue weighted by Gasteiger charge is 2.33. The number of carbonyl (C=O) groups is 1. The van der Waals surface area contributed by atoms with Crippen LogP contribution in [0.5, 0.6) is 5.75 Å². The number of benzene rings is 1. The summed E-state index contributed by atoms with van der Waals surface area (Å²) in [5.74, 6) is 0.470. The van der Waals surface area contributed by atoms with E-state index in [-0.39, 0.29) is 18.6 Å². The van der Waals surface area contributed by atoms with E-state index in [4.69, 9.17) is 4.74 Å². The van der Waals surface area contributed by atoms with Crippen molar-refractivity contribution in [2.45, 2.75) is 25.6 Å². The molecule has 162 valence electrons. The van der Waals surface area contributed by atoms with E-state index in [2.05, 4.69) is 20.1 Å². The number of rotatable bonds is 4. The van der Waals surface area contributed by atoms with E-state index in [1.54, 1.807) is 18.0 Å². The molecule has 1 N–H and O–H groups in total. The van der Waals surface area contributed by atoms with Crippen molar-refractivity contribution in [1.82, 2.24) is 15.1 Å². The number of halogens is 3. The number of hydrogen-bond acceptors (Lipinski definition) is 5. The Hall–Kier alpha value is -3.56. The van der Waals surface area contributed by atoms with Gasteiger partial charge in [0.2, 0.25) is 0 Å². The highest BCUT2D eigenvalue weighted by atomic mass is 19.4. The molecule has 0 unspecified atom stereocenters. The summed E-state index contributed by atoms with van der Waals surface area (Å²) >= 11 is 0. The molecule has 0 bridgehead atoms. The van der Waals surface area contributed by atoms with Gasteiger partial charge in [-0.05, 0) is 24.6 Å². The predicted octanol–water partition coefficient (Wildman–Crippen LogP) is 3.94. The van der Waals surface area contributed by atoms with Gasteiger partial charge in [0, 0.05) is 48.3 Å². The smallest absolute Gasteiger partial charge is 0.496 e. The van der Waals surface area contributed by atoms with Crippen LogP contribution in [0.2, 0.25) is 0 Å². The third-order valence-corrected chi connectivity index (χ3v) is 4.97. The number of nitrogens with one attached hydrogen (secondary N) is 1. The number of amidine groups is 1. The van der Waals surface area contributed by atoms with Crippen molar-refractivity contribution in [3.8, 4) is 16.9 Å². The number of fused-ring (bicyclic) bond motifs is 1. The zero-order valence-electron chi connectivity index (χ0n) is 16.8. The number of aromatic nitrogens is 2. The van der Waals surface area contributed by atoms with Crippen LogP contribution in [0.3, 0.4) is 0 Å². The Kier molecular flexibility index (Phi) is 5.30. The second kappa shape index (κ2) is 7.93. The number of allylic oxidation sites excluding steroid dienone is 3. The molecule has 1 aromatic carbocycles. The number of aryl methyl sites for hydroxylation is 1. The zero-order chi connectivity index (χ0) is 22.2. The van der Waals surface area contributed by atoms with Crippen molar-refractivity contribution < 1.29 is 27.4 Å². The van der Waals surface area contributed by atoms with Gasteiger partial charge in [0.1, 0.15) is 17.3 Å². The maximum absolute atomic E-state index is 12.6. The van der Waals surface area contributed by atoms with Crippen LogP contribution in [0.4, 0.5) is 18.9 Å². The lowest BCUT2D eigenvalue weighted by molar-refractivity contribution is -0.306. The third-order valence-electron chi connectivity index (χ3n) is 4.97. The van der Waals surface area contributed by atoms with Crippen molar-refractivity contribution in [3.05, 3.63) is 53.6 Å². The Morgan fingerprint density at radius 2 is 2.03 bits per heavy atom. The van der Waals surface area contributed by atoms with Crippen molar-refractivity contribution in [2.75, 3.05) is 7.11 Å². The molecule has 0 radical (unpaired) electrons. The van der Waals surface area contributed by atoms with E-state index < -0.39 is 12.3 Å². The number of amides is 1. The summed E-state index contributed by atoms with van der Waals surface area (Å²) in [5, 5.41) is 6.96. The minimum absolute atomic E-state index is 0.00948. The summed E-state index contributed by atoms with van der Waals surface area (Å²) in [4.78, 5) is 17.2. The Labute approximate surface area is 175 Å². The standard InChI is InChI=1S/C21H19F3N4O3/c1-28-11-13(10-25-28)15-7-8-17(30-2)16-9-18(26-19(15)16)27-20(29)12-3-5-14(6-4-12)31-21(22,23)24/h3,5,7-8,10-11H,4,6,9H2,1-2H3,(H,26,27,29). The molecule has 0 saturated heterocycles. The minimum Gasteiger partial charge on any atom is -0.496 e. The van der Waals surface area contributed by atoms with Gasteiger partial charge in [-0.15, -0.1) is 13.2 Å². The average Bonchev–Trinajstić information content (AvgIpc) is 3.32. The second-order valence-corrected chi connectivity index (χ2v) is 7.11. The van der Waals surface area contributed by atoms with Crippen LogP contribution in [0.1, 0.15) is 18.4 Å². The molecule has 2 aromatic rings. The van der Waals surface area contributed by atoms with E-state index in [1.807, 2.05) is 25.4 Å². The highest BCUT2D eigenvalue weighted by molar-refractivity contribution is 6.10. The summed E-state index contributed by atoms with van der Waals surface area (Å²) in [6.07, 6.45) is 1.86. The van der Waals surface area contributed by atoms with Gasteiger partial charge in [-0.2, -0.15) is 5.10 Å². The number of methoxy groups -OCH3 is 1. The molecule has 10 heteroatoms. The first-order valence-electron chi connectivity index (χ1n) is 9.47. The fourth-order valence-electron chi connectivity index (χ4n) is 3.57. The molecular formula is C21H19F3N4O3. The molecule has 2 heterocycles. The quantitative estimate of drug-likeness (QED) is 0.794. The van der Waals surface area contributed by atoms with Gasteiger partial charge >= 0.3 is 6.36 Å². The Morgan fingerprint density at radius 3 is 2.65 bits per heavy atom. The first-order chi connectivity index (χ1) is 14.7. The summed E-state index contributed by atoms with van der Waals surface area (Å²) in [6.45, 7) is 0. The van der Waals surface area contributed by atoms with Gasteiger partial charge in [0.15, 0.2) is 0 Å². The van der Waals surface area contributed by atoms with Crippen molar-refractivity contribution in [1.29, 1.82) is 0 Å². The Bertz CT molecular complexity index is 1130. The van der Waals surface area contributed by atoms with E-state index in [9.17, 15) is 18.0 Å². The number of hydrogen-bond donors (Lipinski definition) is 1. The molecule has 0 atom stereocenters. The van der Waals surface area contributed by atoms with Crippen LogP contribution < -0.4 is 10.1 Å². The van der Waals surface area contributed by atoms with Gasteiger partial charge in [-0.25, -0.2) is 4.99 Å². The molecule has 1 aliphatic carbocycles. The first kappa shape index (κ1) is 20.7. The van der Waals surface area contributed by atoms with E-state index in [0.717, 1.165) is 16.7 Å². The topological polar surface area (TPSA) is 77.7 Å². The van der Waals surface area contributed by atoms with E-state index >= 15 is 0 Å². The Balaban J connectivity index is 1.54. The molecule has 0 spiro atoms. The van der Waals surface area contributed by atoms with Crippen LogP contribution in [0, 0.1) is 0 Å². The van der Waals surface area contributed by atoms with E-state index in [1.165, 1.54) is 12.2 Å². The molecule has 1 aliphatic heterocycles. The largest absolute Gasteiger partial charge is 0.572 e. The fourth-order valence-corrected chi connectivity index (χ4v) is 3.57.